The normalized spacial score (nSPS) is 20.8. The van der Waals surface area contributed by atoms with Crippen molar-refractivity contribution < 1.29 is 38.5 Å². The van der Waals surface area contributed by atoms with Crippen molar-refractivity contribution in [1.29, 1.82) is 5.26 Å². The Morgan fingerprint density at radius 1 is 1.15 bits per heavy atom. The van der Waals surface area contributed by atoms with E-state index >= 15 is 0 Å². The maximum Gasteiger partial charge on any atom is 0.310 e. The third-order valence-electron chi connectivity index (χ3n) is 6.84. The minimum Gasteiger partial charge on any atom is -0.381 e. The summed E-state index contributed by atoms with van der Waals surface area (Å²) in [6.07, 6.45) is 5.41. The van der Waals surface area contributed by atoms with Crippen LogP contribution in [0.3, 0.4) is 0 Å². The van der Waals surface area contributed by atoms with Gasteiger partial charge in [0.1, 0.15) is 23.5 Å². The minimum atomic E-state index is -10.0. The van der Waals surface area contributed by atoms with Gasteiger partial charge < -0.3 is 15.0 Å². The lowest BCUT2D eigenvalue weighted by Gasteiger charge is -2.42. The number of nitriles is 1. The van der Waals surface area contributed by atoms with Crippen molar-refractivity contribution in [3.63, 3.8) is 0 Å². The van der Waals surface area contributed by atoms with Crippen LogP contribution >= 0.6 is 10.2 Å². The molecule has 2 atom stereocenters. The van der Waals surface area contributed by atoms with Crippen molar-refractivity contribution in [3.8, 4) is 6.19 Å². The second-order valence-corrected chi connectivity index (χ2v) is 12.2. The monoisotopic (exact) mass is 602 g/mol. The Balaban J connectivity index is 1.84. The van der Waals surface area contributed by atoms with Crippen molar-refractivity contribution in [2.75, 3.05) is 38.3 Å². The first-order valence-electron chi connectivity index (χ1n) is 12.4. The molecule has 3 amide bonds. The molecule has 0 spiro atoms. The van der Waals surface area contributed by atoms with Gasteiger partial charge in [0, 0.05) is 49.9 Å². The van der Waals surface area contributed by atoms with Gasteiger partial charge in [-0.15, -0.1) is 0 Å². The zero-order valence-corrected chi connectivity index (χ0v) is 22.6. The smallest absolute Gasteiger partial charge is 0.310 e. The van der Waals surface area contributed by atoms with Crippen molar-refractivity contribution >= 4 is 33.6 Å². The van der Waals surface area contributed by atoms with Crippen LogP contribution in [-0.4, -0.2) is 77.9 Å². The van der Waals surface area contributed by atoms with Gasteiger partial charge >= 0.3 is 10.2 Å². The van der Waals surface area contributed by atoms with E-state index in [0.29, 0.717) is 38.2 Å². The fourth-order valence-corrected chi connectivity index (χ4v) is 5.31. The molecule has 2 aliphatic heterocycles. The van der Waals surface area contributed by atoms with Crippen LogP contribution in [-0.2, 0) is 19.1 Å². The number of rotatable bonds is 7. The summed E-state index contributed by atoms with van der Waals surface area (Å²) in [5.74, 6) is -2.08. The average molecular weight is 603 g/mol. The average Bonchev–Trinajstić information content (AvgIpc) is 2.92. The lowest BCUT2D eigenvalue weighted by atomic mass is 10.0. The van der Waals surface area contributed by atoms with Gasteiger partial charge in [-0.25, -0.2) is 0 Å². The Morgan fingerprint density at radius 2 is 1.80 bits per heavy atom. The van der Waals surface area contributed by atoms with Crippen LogP contribution in [0.25, 0.3) is 0 Å². The molecule has 1 aromatic carbocycles. The quantitative estimate of drug-likeness (QED) is 0.379. The van der Waals surface area contributed by atoms with E-state index in [4.69, 9.17) is 4.74 Å². The molecule has 2 fully saturated rings. The first kappa shape index (κ1) is 30.0. The number of anilines is 1. The van der Waals surface area contributed by atoms with Crippen LogP contribution in [0.4, 0.5) is 25.1 Å². The summed E-state index contributed by atoms with van der Waals surface area (Å²) in [4.78, 5) is 44.9. The summed E-state index contributed by atoms with van der Waals surface area (Å²) in [5.41, 5.74) is -0.139. The third-order valence-corrected chi connectivity index (χ3v) is 8.00. The number of hydrogen-bond donors (Lipinski definition) is 1. The molecule has 0 radical (unpaired) electrons. The summed E-state index contributed by atoms with van der Waals surface area (Å²) in [7, 11) is -8.64. The van der Waals surface area contributed by atoms with E-state index in [0.717, 1.165) is 9.80 Å². The number of piperazine rings is 1. The number of carbonyl (C=O) groups excluding carboxylic acids is 3. The number of aromatic nitrogens is 1. The van der Waals surface area contributed by atoms with Gasteiger partial charge in [-0.05, 0) is 43.2 Å². The molecule has 2 aliphatic rings. The lowest BCUT2D eigenvalue weighted by Crippen LogP contribution is -2.60. The van der Waals surface area contributed by atoms with Crippen molar-refractivity contribution in [2.45, 2.75) is 35.9 Å². The molecule has 1 N–H and O–H groups in total. The molecular formula is C25H27F5N6O4S. The molecule has 0 aliphatic carbocycles. The number of amides is 3. The number of halogens is 5. The molecule has 41 heavy (non-hydrogen) atoms. The highest BCUT2D eigenvalue weighted by Gasteiger charge is 2.65. The van der Waals surface area contributed by atoms with Crippen LogP contribution < -0.4 is 10.2 Å². The number of carbonyl (C=O) groups is 3. The highest BCUT2D eigenvalue weighted by molar-refractivity contribution is 8.45. The molecule has 2 saturated heterocycles. The molecule has 0 saturated carbocycles. The van der Waals surface area contributed by atoms with E-state index in [2.05, 4.69) is 10.3 Å². The third kappa shape index (κ3) is 6.85. The number of benzene rings is 1. The van der Waals surface area contributed by atoms with Crippen molar-refractivity contribution in [1.82, 2.24) is 20.1 Å². The van der Waals surface area contributed by atoms with Gasteiger partial charge in [-0.2, -0.15) is 5.26 Å². The molecule has 1 aromatic heterocycles. The van der Waals surface area contributed by atoms with Gasteiger partial charge in [0.15, 0.2) is 6.19 Å². The lowest BCUT2D eigenvalue weighted by molar-refractivity contribution is -0.139. The maximum atomic E-state index is 14.2. The number of nitrogens with one attached hydrogen (secondary N) is 1. The summed E-state index contributed by atoms with van der Waals surface area (Å²) in [6.45, 7) is 0.0277. The Morgan fingerprint density at radius 3 is 2.37 bits per heavy atom. The van der Waals surface area contributed by atoms with Crippen LogP contribution in [0.2, 0.25) is 0 Å². The summed E-state index contributed by atoms with van der Waals surface area (Å²) in [5, 5.41) is 12.5. The topological polar surface area (TPSA) is 119 Å². The first-order valence-corrected chi connectivity index (χ1v) is 14.4. The van der Waals surface area contributed by atoms with Gasteiger partial charge in [0.2, 0.25) is 11.8 Å². The largest absolute Gasteiger partial charge is 0.381 e. The molecule has 4 rings (SSSR count). The Labute approximate surface area is 232 Å². The standard InChI is InChI=1S/C25H27F5N6O4S/c1-34-14-21(35(16-31)15-22(34)37)25(39)36(19-4-6-20(7-5-19)41(26,27,28,29)30)23(17-3-2-10-32-13-17)24(38)33-18-8-11-40-12-9-18/h2-7,10,13,18,21,23H,8-9,11-12,14-15H2,1H3,(H,33,38). The molecule has 0 bridgehead atoms. The highest BCUT2D eigenvalue weighted by atomic mass is 32.5. The molecule has 3 heterocycles. The molecule has 2 unspecified atom stereocenters. The van der Waals surface area contributed by atoms with E-state index in [-0.39, 0.29) is 36.0 Å². The molecule has 2 aromatic rings. The van der Waals surface area contributed by atoms with E-state index in [1.807, 2.05) is 0 Å². The molecule has 16 heteroatoms. The fourth-order valence-electron chi connectivity index (χ4n) is 4.66. The number of hydrogen-bond acceptors (Lipinski definition) is 7. The number of ether oxygens (including phenoxy) is 1. The van der Waals surface area contributed by atoms with Crippen LogP contribution in [0.5, 0.6) is 0 Å². The second kappa shape index (κ2) is 10.5. The van der Waals surface area contributed by atoms with E-state index < -0.39 is 51.5 Å². The number of likely N-dealkylation sites (N-methyl/N-ethyl adjacent to an activating group) is 1. The summed E-state index contributed by atoms with van der Waals surface area (Å²) in [6, 6.07) is 1.41. The van der Waals surface area contributed by atoms with E-state index in [9.17, 15) is 39.1 Å². The predicted octanol–water partition coefficient (Wildman–Crippen LogP) is 3.73. The molecule has 222 valence electrons. The van der Waals surface area contributed by atoms with Crippen LogP contribution in [0.1, 0.15) is 24.4 Å². The van der Waals surface area contributed by atoms with Gasteiger partial charge in [0.05, 0.1) is 6.54 Å². The molecular weight excluding hydrogens is 575 g/mol. The Hall–Kier alpha value is -3.97. The van der Waals surface area contributed by atoms with Crippen LogP contribution in [0.15, 0.2) is 53.7 Å². The zero-order valence-electron chi connectivity index (χ0n) is 21.8. The Bertz CT molecular complexity index is 1350. The Kier molecular flexibility index (Phi) is 7.65. The summed E-state index contributed by atoms with van der Waals surface area (Å²) < 4.78 is 72.7. The van der Waals surface area contributed by atoms with Gasteiger partial charge in [0.25, 0.3) is 5.91 Å². The number of pyridine rings is 1. The maximum absolute atomic E-state index is 14.2. The number of nitrogens with zero attached hydrogens (tertiary/aromatic N) is 5. The summed E-state index contributed by atoms with van der Waals surface area (Å²) >= 11 is 0. The van der Waals surface area contributed by atoms with Gasteiger partial charge in [-0.1, -0.05) is 25.5 Å². The van der Waals surface area contributed by atoms with Gasteiger partial charge in [-0.3, -0.25) is 29.2 Å². The first-order chi connectivity index (χ1) is 19.1. The highest BCUT2D eigenvalue weighted by Crippen LogP contribution is 3.02. The zero-order chi connectivity index (χ0) is 30.1. The van der Waals surface area contributed by atoms with E-state index in [1.165, 1.54) is 36.5 Å². The SMILES string of the molecule is CN1CC(C(=O)N(c2ccc(S(F)(F)(F)(F)F)cc2)C(C(=O)NC2CCOCC2)c2cccnc2)N(C#N)CC1=O. The van der Waals surface area contributed by atoms with E-state index in [1.54, 1.807) is 6.19 Å². The van der Waals surface area contributed by atoms with Crippen molar-refractivity contribution in [3.05, 3.63) is 54.4 Å². The minimum absolute atomic E-state index is 0.145. The second-order valence-electron chi connectivity index (χ2n) is 9.77. The fraction of sp³-hybridized carbons (Fsp3) is 0.400. The van der Waals surface area contributed by atoms with Crippen molar-refractivity contribution in [2.24, 2.45) is 0 Å². The predicted molar refractivity (Wildman–Crippen MR) is 138 cm³/mol. The van der Waals surface area contributed by atoms with Crippen LogP contribution in [0, 0.1) is 11.5 Å². The molecule has 10 nitrogen and oxygen atoms in total.